The van der Waals surface area contributed by atoms with Gasteiger partial charge in [0.25, 0.3) is 0 Å². The Labute approximate surface area is 133 Å². The number of pyridine rings is 1. The standard InChI is InChI=1S/C16H15Cl2N3/c1-2-5-16-20-12-6-3-4-7-14(12)21(16)10-13-11(17)8-9-15(18)19-13/h3-4,6-9H,2,5,10H2,1H3. The second kappa shape index (κ2) is 6.04. The lowest BCUT2D eigenvalue weighted by Crippen LogP contribution is -2.07. The van der Waals surface area contributed by atoms with Crippen LogP contribution in [0.15, 0.2) is 36.4 Å². The van der Waals surface area contributed by atoms with E-state index in [2.05, 4.69) is 22.5 Å². The van der Waals surface area contributed by atoms with Crippen molar-refractivity contribution < 1.29 is 0 Å². The highest BCUT2D eigenvalue weighted by Crippen LogP contribution is 2.22. The normalized spacial score (nSPS) is 11.2. The molecule has 21 heavy (non-hydrogen) atoms. The third-order valence-electron chi connectivity index (χ3n) is 3.40. The van der Waals surface area contributed by atoms with Gasteiger partial charge >= 0.3 is 0 Å². The number of benzene rings is 1. The molecule has 0 atom stereocenters. The van der Waals surface area contributed by atoms with Gasteiger partial charge in [0.15, 0.2) is 0 Å². The van der Waals surface area contributed by atoms with E-state index in [1.807, 2.05) is 18.2 Å². The molecule has 0 aliphatic heterocycles. The number of aromatic nitrogens is 3. The van der Waals surface area contributed by atoms with Crippen LogP contribution in [0.5, 0.6) is 0 Å². The second-order valence-electron chi connectivity index (χ2n) is 4.92. The summed E-state index contributed by atoms with van der Waals surface area (Å²) in [6.45, 7) is 2.73. The van der Waals surface area contributed by atoms with Crippen LogP contribution in [-0.4, -0.2) is 14.5 Å². The van der Waals surface area contributed by atoms with Crippen molar-refractivity contribution in [3.63, 3.8) is 0 Å². The summed E-state index contributed by atoms with van der Waals surface area (Å²) in [7, 11) is 0. The molecule has 0 aliphatic rings. The Hall–Kier alpha value is -1.58. The van der Waals surface area contributed by atoms with Crippen LogP contribution in [0.4, 0.5) is 0 Å². The predicted molar refractivity (Wildman–Crippen MR) is 87.1 cm³/mol. The number of imidazole rings is 1. The average molecular weight is 320 g/mol. The molecule has 0 saturated heterocycles. The van der Waals surface area contributed by atoms with Crippen molar-refractivity contribution >= 4 is 34.2 Å². The quantitative estimate of drug-likeness (QED) is 0.650. The molecule has 108 valence electrons. The number of para-hydroxylation sites is 2. The Bertz CT molecular complexity index is 780. The average Bonchev–Trinajstić information content (AvgIpc) is 2.81. The summed E-state index contributed by atoms with van der Waals surface area (Å²) in [6.07, 6.45) is 1.97. The molecule has 1 aromatic carbocycles. The number of nitrogens with zero attached hydrogens (tertiary/aromatic N) is 3. The molecule has 0 unspecified atom stereocenters. The van der Waals surface area contributed by atoms with E-state index < -0.39 is 0 Å². The van der Waals surface area contributed by atoms with E-state index in [9.17, 15) is 0 Å². The van der Waals surface area contributed by atoms with E-state index in [-0.39, 0.29) is 0 Å². The van der Waals surface area contributed by atoms with Crippen molar-refractivity contribution in [3.05, 3.63) is 58.1 Å². The van der Waals surface area contributed by atoms with Crippen LogP contribution >= 0.6 is 23.2 Å². The van der Waals surface area contributed by atoms with E-state index in [0.29, 0.717) is 16.7 Å². The van der Waals surface area contributed by atoms with Crippen molar-refractivity contribution in [2.24, 2.45) is 0 Å². The fourth-order valence-electron chi connectivity index (χ4n) is 2.43. The van der Waals surface area contributed by atoms with E-state index in [1.54, 1.807) is 12.1 Å². The van der Waals surface area contributed by atoms with Crippen molar-refractivity contribution in [1.29, 1.82) is 0 Å². The van der Waals surface area contributed by atoms with Gasteiger partial charge in [0, 0.05) is 6.42 Å². The minimum atomic E-state index is 0.455. The fourth-order valence-corrected chi connectivity index (χ4v) is 2.76. The predicted octanol–water partition coefficient (Wildman–Crippen LogP) is 4.74. The molecular formula is C16H15Cl2N3. The number of aryl methyl sites for hydroxylation is 1. The second-order valence-corrected chi connectivity index (χ2v) is 5.71. The Morgan fingerprint density at radius 3 is 2.67 bits per heavy atom. The molecule has 3 nitrogen and oxygen atoms in total. The number of hydrogen-bond acceptors (Lipinski definition) is 2. The van der Waals surface area contributed by atoms with Crippen molar-refractivity contribution in [1.82, 2.24) is 14.5 Å². The lowest BCUT2D eigenvalue weighted by Gasteiger charge is -2.10. The van der Waals surface area contributed by atoms with Gasteiger partial charge in [0.2, 0.25) is 0 Å². The van der Waals surface area contributed by atoms with Gasteiger partial charge in [-0.15, -0.1) is 0 Å². The smallest absolute Gasteiger partial charge is 0.129 e. The van der Waals surface area contributed by atoms with Crippen LogP contribution in [0.3, 0.4) is 0 Å². The lowest BCUT2D eigenvalue weighted by molar-refractivity contribution is 0.710. The van der Waals surface area contributed by atoms with Crippen LogP contribution in [-0.2, 0) is 13.0 Å². The maximum Gasteiger partial charge on any atom is 0.129 e. The third kappa shape index (κ3) is 2.89. The zero-order chi connectivity index (χ0) is 14.8. The Morgan fingerprint density at radius 2 is 1.86 bits per heavy atom. The first kappa shape index (κ1) is 14.4. The monoisotopic (exact) mass is 319 g/mol. The Kier molecular flexibility index (Phi) is 4.13. The van der Waals surface area contributed by atoms with Crippen LogP contribution in [0, 0.1) is 0 Å². The molecule has 5 heteroatoms. The molecule has 3 aromatic rings. The first-order chi connectivity index (χ1) is 10.2. The molecule has 2 heterocycles. The van der Waals surface area contributed by atoms with Crippen molar-refractivity contribution in [2.45, 2.75) is 26.3 Å². The molecule has 2 aromatic heterocycles. The minimum Gasteiger partial charge on any atom is -0.322 e. The summed E-state index contributed by atoms with van der Waals surface area (Å²) in [5.41, 5.74) is 2.86. The number of fused-ring (bicyclic) bond motifs is 1. The molecular weight excluding hydrogens is 305 g/mol. The highest BCUT2D eigenvalue weighted by molar-refractivity contribution is 6.32. The highest BCUT2D eigenvalue weighted by Gasteiger charge is 2.12. The minimum absolute atomic E-state index is 0.455. The summed E-state index contributed by atoms with van der Waals surface area (Å²) in [5, 5.41) is 1.08. The Morgan fingerprint density at radius 1 is 1.05 bits per heavy atom. The number of hydrogen-bond donors (Lipinski definition) is 0. The number of halogens is 2. The molecule has 0 amide bonds. The molecule has 0 saturated carbocycles. The summed E-state index contributed by atoms with van der Waals surface area (Å²) in [6, 6.07) is 11.6. The van der Waals surface area contributed by atoms with E-state index >= 15 is 0 Å². The van der Waals surface area contributed by atoms with Gasteiger partial charge in [-0.05, 0) is 30.7 Å². The zero-order valence-electron chi connectivity index (χ0n) is 11.7. The van der Waals surface area contributed by atoms with Crippen molar-refractivity contribution in [3.8, 4) is 0 Å². The molecule has 0 spiro atoms. The van der Waals surface area contributed by atoms with Gasteiger partial charge in [0.05, 0.1) is 28.3 Å². The third-order valence-corrected chi connectivity index (χ3v) is 3.95. The van der Waals surface area contributed by atoms with E-state index in [4.69, 9.17) is 28.2 Å². The molecule has 0 bridgehead atoms. The van der Waals surface area contributed by atoms with Gasteiger partial charge < -0.3 is 4.57 Å². The molecule has 0 aliphatic carbocycles. The van der Waals surface area contributed by atoms with Crippen LogP contribution in [0.25, 0.3) is 11.0 Å². The van der Waals surface area contributed by atoms with Crippen LogP contribution < -0.4 is 0 Å². The molecule has 0 fully saturated rings. The fraction of sp³-hybridized carbons (Fsp3) is 0.250. The summed E-state index contributed by atoms with van der Waals surface area (Å²) < 4.78 is 2.17. The zero-order valence-corrected chi connectivity index (χ0v) is 13.2. The largest absolute Gasteiger partial charge is 0.322 e. The highest BCUT2D eigenvalue weighted by atomic mass is 35.5. The topological polar surface area (TPSA) is 30.7 Å². The molecule has 0 radical (unpaired) electrons. The van der Waals surface area contributed by atoms with Gasteiger partial charge in [0.1, 0.15) is 11.0 Å². The summed E-state index contributed by atoms with van der Waals surface area (Å²) >= 11 is 12.2. The Balaban J connectivity index is 2.10. The first-order valence-corrected chi connectivity index (χ1v) is 7.69. The van der Waals surface area contributed by atoms with Crippen molar-refractivity contribution in [2.75, 3.05) is 0 Å². The SMILES string of the molecule is CCCc1nc2ccccc2n1Cc1nc(Cl)ccc1Cl. The van der Waals surface area contributed by atoms with Crippen LogP contribution in [0.2, 0.25) is 10.2 Å². The maximum atomic E-state index is 6.24. The van der Waals surface area contributed by atoms with Gasteiger partial charge in [-0.25, -0.2) is 9.97 Å². The van der Waals surface area contributed by atoms with Crippen LogP contribution in [0.1, 0.15) is 24.9 Å². The molecule has 0 N–H and O–H groups in total. The maximum absolute atomic E-state index is 6.24. The van der Waals surface area contributed by atoms with Gasteiger partial charge in [-0.1, -0.05) is 42.3 Å². The first-order valence-electron chi connectivity index (χ1n) is 6.94. The summed E-state index contributed by atoms with van der Waals surface area (Å²) in [4.78, 5) is 9.05. The van der Waals surface area contributed by atoms with Gasteiger partial charge in [-0.2, -0.15) is 0 Å². The number of rotatable bonds is 4. The molecule has 3 rings (SSSR count). The van der Waals surface area contributed by atoms with Gasteiger partial charge in [-0.3, -0.25) is 0 Å². The van der Waals surface area contributed by atoms with E-state index in [1.165, 1.54) is 0 Å². The van der Waals surface area contributed by atoms with E-state index in [0.717, 1.165) is 35.4 Å². The summed E-state index contributed by atoms with van der Waals surface area (Å²) in [5.74, 6) is 1.05. The lowest BCUT2D eigenvalue weighted by atomic mass is 10.3.